The first kappa shape index (κ1) is 22.3. The summed E-state index contributed by atoms with van der Waals surface area (Å²) in [6.07, 6.45) is 3.55. The molecule has 8 heteroatoms. The van der Waals surface area contributed by atoms with E-state index in [0.717, 1.165) is 41.6 Å². The van der Waals surface area contributed by atoms with Crippen LogP contribution in [0.15, 0.2) is 42.5 Å². The maximum absolute atomic E-state index is 12.0. The summed E-state index contributed by atoms with van der Waals surface area (Å²) in [5, 5.41) is 9.99. The molecule has 0 bridgehead atoms. The minimum atomic E-state index is -0.940. The molecule has 2 aromatic carbocycles. The van der Waals surface area contributed by atoms with Gasteiger partial charge in [-0.25, -0.2) is 19.6 Å². The number of imidazole rings is 1. The van der Waals surface area contributed by atoms with Crippen LogP contribution in [0.5, 0.6) is 0 Å². The average molecular weight is 447 g/mol. The smallest absolute Gasteiger partial charge is 0.337 e. The van der Waals surface area contributed by atoms with Crippen LogP contribution in [0.4, 0.5) is 5.82 Å². The molecule has 4 rings (SSSR count). The quantitative estimate of drug-likeness (QED) is 0.388. The summed E-state index contributed by atoms with van der Waals surface area (Å²) in [7, 11) is 1.34. The van der Waals surface area contributed by atoms with Crippen LogP contribution in [0, 0.1) is 0 Å². The maximum atomic E-state index is 12.0. The lowest BCUT2D eigenvalue weighted by Gasteiger charge is -2.12. The van der Waals surface area contributed by atoms with E-state index < -0.39 is 11.9 Å². The first-order valence-corrected chi connectivity index (χ1v) is 10.9. The monoisotopic (exact) mass is 446 g/mol. The van der Waals surface area contributed by atoms with Gasteiger partial charge in [-0.15, -0.1) is 0 Å². The van der Waals surface area contributed by atoms with Gasteiger partial charge in [-0.05, 0) is 48.7 Å². The Morgan fingerprint density at radius 2 is 1.79 bits per heavy atom. The predicted octanol–water partition coefficient (Wildman–Crippen LogP) is 4.24. The van der Waals surface area contributed by atoms with Crippen molar-refractivity contribution in [2.45, 2.75) is 39.2 Å². The fraction of sp³-hybridized carbons (Fsp3) is 0.280. The molecule has 0 radical (unpaired) electrons. The second-order valence-electron chi connectivity index (χ2n) is 7.95. The number of hydrogen-bond acceptors (Lipinski definition) is 6. The van der Waals surface area contributed by atoms with E-state index in [1.807, 2.05) is 18.2 Å². The molecule has 0 aliphatic heterocycles. The number of anilines is 1. The minimum absolute atomic E-state index is 0.265. The number of carbonyl (C=O) groups is 2. The highest BCUT2D eigenvalue weighted by Gasteiger charge is 2.18. The number of rotatable bonds is 8. The third-order valence-electron chi connectivity index (χ3n) is 5.78. The lowest BCUT2D eigenvalue weighted by molar-refractivity contribution is 0.0600. The number of nitrogens with two attached hydrogens (primary N) is 1. The highest BCUT2D eigenvalue weighted by atomic mass is 16.5. The molecule has 0 atom stereocenters. The van der Waals surface area contributed by atoms with Gasteiger partial charge in [0.1, 0.15) is 11.3 Å². The van der Waals surface area contributed by atoms with Gasteiger partial charge >= 0.3 is 11.9 Å². The third-order valence-corrected chi connectivity index (χ3v) is 5.78. The molecule has 0 aliphatic rings. The Bertz CT molecular complexity index is 1340. The number of nitrogen functional groups attached to an aromatic ring is 1. The summed E-state index contributed by atoms with van der Waals surface area (Å²) in [6.45, 7) is 2.79. The largest absolute Gasteiger partial charge is 0.478 e. The first-order valence-electron chi connectivity index (χ1n) is 10.9. The Kier molecular flexibility index (Phi) is 6.26. The van der Waals surface area contributed by atoms with Gasteiger partial charge in [0.2, 0.25) is 0 Å². The molecule has 0 saturated heterocycles. The second kappa shape index (κ2) is 9.28. The van der Waals surface area contributed by atoms with Gasteiger partial charge in [0.05, 0.1) is 29.3 Å². The Morgan fingerprint density at radius 1 is 1.06 bits per heavy atom. The number of pyridine rings is 1. The van der Waals surface area contributed by atoms with Crippen LogP contribution in [0.25, 0.3) is 21.9 Å². The molecule has 170 valence electrons. The van der Waals surface area contributed by atoms with E-state index in [1.54, 1.807) is 24.3 Å². The molecule has 3 N–H and O–H groups in total. The molecule has 0 amide bonds. The zero-order valence-electron chi connectivity index (χ0n) is 18.7. The topological polar surface area (TPSA) is 120 Å². The maximum Gasteiger partial charge on any atom is 0.337 e. The van der Waals surface area contributed by atoms with Crippen LogP contribution in [-0.4, -0.2) is 38.7 Å². The molecule has 2 aromatic heterocycles. The van der Waals surface area contributed by atoms with Crippen molar-refractivity contribution in [2.75, 3.05) is 12.8 Å². The van der Waals surface area contributed by atoms with Crippen molar-refractivity contribution in [1.82, 2.24) is 14.5 Å². The van der Waals surface area contributed by atoms with Crippen molar-refractivity contribution in [3.05, 3.63) is 65.0 Å². The molecule has 33 heavy (non-hydrogen) atoms. The molecular weight excluding hydrogens is 420 g/mol. The number of benzene rings is 2. The van der Waals surface area contributed by atoms with Gasteiger partial charge in [0.25, 0.3) is 0 Å². The van der Waals surface area contributed by atoms with Crippen LogP contribution < -0.4 is 5.73 Å². The number of carboxylic acid groups (broad SMARTS) is 1. The summed E-state index contributed by atoms with van der Waals surface area (Å²) in [5.41, 5.74) is 10.1. The van der Waals surface area contributed by atoms with Crippen molar-refractivity contribution in [3.8, 4) is 0 Å². The number of aromatic carboxylic acids is 1. The molecule has 0 unspecified atom stereocenters. The number of nitrogens with zero attached hydrogens (tertiary/aromatic N) is 3. The number of aromatic nitrogens is 3. The van der Waals surface area contributed by atoms with Crippen molar-refractivity contribution in [1.29, 1.82) is 0 Å². The summed E-state index contributed by atoms with van der Waals surface area (Å²) >= 11 is 0. The minimum Gasteiger partial charge on any atom is -0.478 e. The third kappa shape index (κ3) is 4.37. The Labute approximate surface area is 191 Å². The molecule has 0 saturated carbocycles. The van der Waals surface area contributed by atoms with Crippen LogP contribution in [-0.2, 0) is 24.1 Å². The van der Waals surface area contributed by atoms with Gasteiger partial charge < -0.3 is 20.1 Å². The van der Waals surface area contributed by atoms with Gasteiger partial charge in [0, 0.05) is 18.4 Å². The number of methoxy groups -OCH3 is 1. The Balaban J connectivity index is 1.80. The van der Waals surface area contributed by atoms with Crippen molar-refractivity contribution < 1.29 is 19.4 Å². The van der Waals surface area contributed by atoms with Crippen LogP contribution in [0.1, 0.15) is 51.9 Å². The molecule has 4 aromatic rings. The lowest BCUT2D eigenvalue weighted by atomic mass is 10.1. The zero-order valence-corrected chi connectivity index (χ0v) is 18.7. The van der Waals surface area contributed by atoms with Crippen molar-refractivity contribution in [3.63, 3.8) is 0 Å². The summed E-state index contributed by atoms with van der Waals surface area (Å²) < 4.78 is 7.01. The first-order chi connectivity index (χ1) is 15.9. The number of hydrogen-bond donors (Lipinski definition) is 2. The van der Waals surface area contributed by atoms with E-state index in [4.69, 9.17) is 20.6 Å². The van der Waals surface area contributed by atoms with E-state index in [2.05, 4.69) is 16.5 Å². The Hall–Kier alpha value is -3.94. The molecule has 0 aliphatic carbocycles. The predicted molar refractivity (Wildman–Crippen MR) is 127 cm³/mol. The van der Waals surface area contributed by atoms with E-state index in [0.29, 0.717) is 35.4 Å². The van der Waals surface area contributed by atoms with Gasteiger partial charge in [-0.1, -0.05) is 25.5 Å². The highest BCUT2D eigenvalue weighted by Crippen LogP contribution is 2.30. The van der Waals surface area contributed by atoms with Gasteiger partial charge in [0.15, 0.2) is 5.82 Å². The number of ether oxygens (including phenoxy) is 1. The summed E-state index contributed by atoms with van der Waals surface area (Å²) in [6, 6.07) is 12.2. The summed E-state index contributed by atoms with van der Waals surface area (Å²) in [4.78, 5) is 32.4. The van der Waals surface area contributed by atoms with Crippen molar-refractivity contribution >= 4 is 39.7 Å². The van der Waals surface area contributed by atoms with E-state index in [1.165, 1.54) is 7.11 Å². The number of carboxylic acids is 1. The van der Waals surface area contributed by atoms with E-state index in [-0.39, 0.29) is 5.56 Å². The number of esters is 1. The zero-order chi connectivity index (χ0) is 23.5. The second-order valence-corrected chi connectivity index (χ2v) is 7.95. The summed E-state index contributed by atoms with van der Waals surface area (Å²) in [5.74, 6) is -0.113. The molecule has 0 spiro atoms. The molecule has 8 nitrogen and oxygen atoms in total. The van der Waals surface area contributed by atoms with Crippen LogP contribution in [0.3, 0.4) is 0 Å². The number of fused-ring (bicyclic) bond motifs is 3. The SMILES string of the molecule is CCCCc1nc2c(N)nc3cc(C(=O)OC)ccc3c2n1CCc1ccc(C(=O)O)cc1. The lowest BCUT2D eigenvalue weighted by Crippen LogP contribution is -2.07. The fourth-order valence-corrected chi connectivity index (χ4v) is 4.02. The van der Waals surface area contributed by atoms with Crippen molar-refractivity contribution in [2.24, 2.45) is 0 Å². The normalized spacial score (nSPS) is 11.2. The van der Waals surface area contributed by atoms with E-state index in [9.17, 15) is 9.59 Å². The molecular formula is C25H26N4O4. The standard InChI is InChI=1S/C25H26N4O4/c1-3-4-5-20-28-21-22(29(20)13-12-15-6-8-16(9-7-15)24(30)31)18-11-10-17(25(32)33-2)14-19(18)27-23(21)26/h6-11,14H,3-5,12-13H2,1-2H3,(H2,26,27)(H,30,31). The average Bonchev–Trinajstić information content (AvgIpc) is 3.20. The fourth-order valence-electron chi connectivity index (χ4n) is 4.02. The number of unbranched alkanes of at least 4 members (excludes halogenated alkanes) is 1. The molecule has 0 fully saturated rings. The molecule has 2 heterocycles. The number of aryl methyl sites for hydroxylation is 3. The highest BCUT2D eigenvalue weighted by molar-refractivity contribution is 6.08. The number of carbonyl (C=O) groups excluding carboxylic acids is 1. The van der Waals surface area contributed by atoms with E-state index >= 15 is 0 Å². The van der Waals surface area contributed by atoms with Crippen LogP contribution in [0.2, 0.25) is 0 Å². The van der Waals surface area contributed by atoms with Gasteiger partial charge in [-0.2, -0.15) is 0 Å². The van der Waals surface area contributed by atoms with Gasteiger partial charge in [-0.3, -0.25) is 0 Å². The Morgan fingerprint density at radius 3 is 2.45 bits per heavy atom. The van der Waals surface area contributed by atoms with Crippen LogP contribution >= 0.6 is 0 Å².